The van der Waals surface area contributed by atoms with Gasteiger partial charge in [-0.1, -0.05) is 48.5 Å². The lowest BCUT2D eigenvalue weighted by Crippen LogP contribution is -2.33. The molecule has 2 aromatic carbocycles. The number of carbonyl (C=O) groups excluding carboxylic acids is 1. The number of amides is 1. The Hall–Kier alpha value is -3.40. The Kier molecular flexibility index (Phi) is 6.36. The third-order valence-electron chi connectivity index (χ3n) is 4.09. The Labute approximate surface area is 159 Å². The molecule has 0 aliphatic carbocycles. The van der Waals surface area contributed by atoms with Crippen molar-refractivity contribution in [2.24, 2.45) is 0 Å². The average Bonchev–Trinajstić information content (AvgIpc) is 2.72. The average molecular weight is 358 g/mol. The summed E-state index contributed by atoms with van der Waals surface area (Å²) in [6.45, 7) is 4.60. The van der Waals surface area contributed by atoms with E-state index in [0.717, 1.165) is 22.7 Å². The maximum Gasteiger partial charge on any atom is 0.233 e. The molecule has 1 amide bonds. The van der Waals surface area contributed by atoms with Gasteiger partial charge >= 0.3 is 0 Å². The van der Waals surface area contributed by atoms with Crippen LogP contribution in [0, 0.1) is 0 Å². The summed E-state index contributed by atoms with van der Waals surface area (Å²) < 4.78 is 5.88. The fraction of sp³-hybridized carbons (Fsp3) is 0.130. The van der Waals surface area contributed by atoms with Crippen molar-refractivity contribution in [2.45, 2.75) is 13.0 Å². The standard InChI is InChI=1S/C23H22N2O2/c1-2-16-25(23(26)17-20-11-8-9-15-24-20)22-14-7-6-10-19(22)18-27-21-12-4-3-5-13-21/h2-15H,1,16-18H2. The van der Waals surface area contributed by atoms with Crippen LogP contribution in [0.3, 0.4) is 0 Å². The van der Waals surface area contributed by atoms with Crippen LogP contribution in [0.2, 0.25) is 0 Å². The number of benzene rings is 2. The van der Waals surface area contributed by atoms with Crippen LogP contribution >= 0.6 is 0 Å². The van der Waals surface area contributed by atoms with E-state index in [2.05, 4.69) is 11.6 Å². The molecule has 0 aliphatic rings. The molecule has 27 heavy (non-hydrogen) atoms. The minimum atomic E-state index is -0.0271. The third kappa shape index (κ3) is 5.05. The monoisotopic (exact) mass is 358 g/mol. The number of aromatic nitrogens is 1. The van der Waals surface area contributed by atoms with Crippen LogP contribution in [0.1, 0.15) is 11.3 Å². The van der Waals surface area contributed by atoms with Crippen molar-refractivity contribution in [2.75, 3.05) is 11.4 Å². The molecule has 0 atom stereocenters. The van der Waals surface area contributed by atoms with Crippen molar-refractivity contribution < 1.29 is 9.53 Å². The number of rotatable bonds is 8. The molecule has 0 N–H and O–H groups in total. The molecule has 0 unspecified atom stereocenters. The van der Waals surface area contributed by atoms with Crippen molar-refractivity contribution in [1.29, 1.82) is 0 Å². The SMILES string of the molecule is C=CCN(C(=O)Cc1ccccn1)c1ccccc1COc1ccccc1. The molecule has 0 spiro atoms. The summed E-state index contributed by atoms with van der Waals surface area (Å²) in [6, 6.07) is 23.0. The van der Waals surface area contributed by atoms with Gasteiger partial charge < -0.3 is 9.64 Å². The highest BCUT2D eigenvalue weighted by molar-refractivity contribution is 5.95. The molecule has 3 aromatic rings. The first-order valence-corrected chi connectivity index (χ1v) is 8.85. The van der Waals surface area contributed by atoms with Gasteiger partial charge in [0.15, 0.2) is 0 Å². The molecule has 3 rings (SSSR count). The second-order valence-corrected chi connectivity index (χ2v) is 6.02. The molecular formula is C23H22N2O2. The van der Waals surface area contributed by atoms with Gasteiger partial charge in [0.25, 0.3) is 0 Å². The Morgan fingerprint density at radius 1 is 1.00 bits per heavy atom. The van der Waals surface area contributed by atoms with E-state index < -0.39 is 0 Å². The molecule has 136 valence electrons. The highest BCUT2D eigenvalue weighted by atomic mass is 16.5. The van der Waals surface area contributed by atoms with E-state index in [1.165, 1.54) is 0 Å². The fourth-order valence-corrected chi connectivity index (χ4v) is 2.79. The van der Waals surface area contributed by atoms with Gasteiger partial charge in [0.1, 0.15) is 12.4 Å². The molecule has 1 heterocycles. The van der Waals surface area contributed by atoms with E-state index in [1.807, 2.05) is 72.8 Å². The first-order chi connectivity index (χ1) is 13.3. The van der Waals surface area contributed by atoms with Crippen LogP contribution < -0.4 is 9.64 Å². The quantitative estimate of drug-likeness (QED) is 0.560. The zero-order valence-corrected chi connectivity index (χ0v) is 15.1. The Morgan fingerprint density at radius 2 is 1.74 bits per heavy atom. The lowest BCUT2D eigenvalue weighted by atomic mass is 10.1. The number of anilines is 1. The molecule has 0 aliphatic heterocycles. The third-order valence-corrected chi connectivity index (χ3v) is 4.09. The molecular weight excluding hydrogens is 336 g/mol. The summed E-state index contributed by atoms with van der Waals surface area (Å²) in [4.78, 5) is 18.9. The highest BCUT2D eigenvalue weighted by Gasteiger charge is 2.18. The predicted molar refractivity (Wildman–Crippen MR) is 108 cm³/mol. The van der Waals surface area contributed by atoms with E-state index in [1.54, 1.807) is 17.2 Å². The van der Waals surface area contributed by atoms with Crippen LogP contribution in [0.4, 0.5) is 5.69 Å². The van der Waals surface area contributed by atoms with Crippen LogP contribution in [0.25, 0.3) is 0 Å². The van der Waals surface area contributed by atoms with Crippen LogP contribution in [0.5, 0.6) is 5.75 Å². The minimum Gasteiger partial charge on any atom is -0.489 e. The topological polar surface area (TPSA) is 42.4 Å². The maximum atomic E-state index is 12.9. The number of carbonyl (C=O) groups is 1. The van der Waals surface area contributed by atoms with Gasteiger partial charge in [-0.05, 0) is 30.3 Å². The molecule has 0 saturated carbocycles. The first-order valence-electron chi connectivity index (χ1n) is 8.85. The summed E-state index contributed by atoms with van der Waals surface area (Å²) in [5.74, 6) is 0.767. The number of hydrogen-bond donors (Lipinski definition) is 0. The molecule has 0 bridgehead atoms. The smallest absolute Gasteiger partial charge is 0.233 e. The first kappa shape index (κ1) is 18.4. The van der Waals surface area contributed by atoms with Gasteiger partial charge in [0.2, 0.25) is 5.91 Å². The van der Waals surface area contributed by atoms with Gasteiger partial charge in [0.05, 0.1) is 12.1 Å². The fourth-order valence-electron chi connectivity index (χ4n) is 2.79. The largest absolute Gasteiger partial charge is 0.489 e. The Morgan fingerprint density at radius 3 is 2.48 bits per heavy atom. The van der Waals surface area contributed by atoms with Crippen molar-refractivity contribution in [3.8, 4) is 5.75 Å². The van der Waals surface area contributed by atoms with Crippen molar-refractivity contribution in [1.82, 2.24) is 4.98 Å². The van der Waals surface area contributed by atoms with Gasteiger partial charge in [0, 0.05) is 24.0 Å². The lowest BCUT2D eigenvalue weighted by Gasteiger charge is -2.24. The second-order valence-electron chi connectivity index (χ2n) is 6.02. The second kappa shape index (κ2) is 9.34. The van der Waals surface area contributed by atoms with E-state index in [0.29, 0.717) is 13.2 Å². The summed E-state index contributed by atoms with van der Waals surface area (Å²) in [5.41, 5.74) is 2.52. The Bertz CT molecular complexity index is 879. The summed E-state index contributed by atoms with van der Waals surface area (Å²) in [7, 11) is 0. The molecule has 4 nitrogen and oxygen atoms in total. The zero-order valence-electron chi connectivity index (χ0n) is 15.1. The summed E-state index contributed by atoms with van der Waals surface area (Å²) in [6.07, 6.45) is 3.66. The van der Waals surface area contributed by atoms with Crippen molar-refractivity contribution >= 4 is 11.6 Å². The molecule has 0 fully saturated rings. The van der Waals surface area contributed by atoms with Crippen molar-refractivity contribution in [3.63, 3.8) is 0 Å². The number of hydrogen-bond acceptors (Lipinski definition) is 3. The summed E-state index contributed by atoms with van der Waals surface area (Å²) in [5, 5.41) is 0. The number of nitrogens with zero attached hydrogens (tertiary/aromatic N) is 2. The van der Waals surface area contributed by atoms with Gasteiger partial charge in [-0.15, -0.1) is 6.58 Å². The molecule has 0 radical (unpaired) electrons. The number of ether oxygens (including phenoxy) is 1. The predicted octanol–water partition coefficient (Wildman–Crippen LogP) is 4.42. The minimum absolute atomic E-state index is 0.0271. The molecule has 0 saturated heterocycles. The van der Waals surface area contributed by atoms with Crippen LogP contribution in [-0.2, 0) is 17.8 Å². The Balaban J connectivity index is 1.80. The number of para-hydroxylation sites is 2. The zero-order chi connectivity index (χ0) is 18.9. The number of pyridine rings is 1. The molecule has 4 heteroatoms. The van der Waals surface area contributed by atoms with Crippen LogP contribution in [0.15, 0.2) is 91.6 Å². The van der Waals surface area contributed by atoms with E-state index >= 15 is 0 Å². The summed E-state index contributed by atoms with van der Waals surface area (Å²) >= 11 is 0. The molecule has 1 aromatic heterocycles. The van der Waals surface area contributed by atoms with E-state index in [-0.39, 0.29) is 12.3 Å². The van der Waals surface area contributed by atoms with Crippen molar-refractivity contribution in [3.05, 3.63) is 103 Å². The highest BCUT2D eigenvalue weighted by Crippen LogP contribution is 2.23. The van der Waals surface area contributed by atoms with Gasteiger partial charge in [-0.25, -0.2) is 0 Å². The van der Waals surface area contributed by atoms with E-state index in [9.17, 15) is 4.79 Å². The normalized spacial score (nSPS) is 10.2. The van der Waals surface area contributed by atoms with Crippen LogP contribution in [-0.4, -0.2) is 17.4 Å². The van der Waals surface area contributed by atoms with E-state index in [4.69, 9.17) is 4.74 Å². The maximum absolute atomic E-state index is 12.9. The van der Waals surface area contributed by atoms with Gasteiger partial charge in [-0.2, -0.15) is 0 Å². The lowest BCUT2D eigenvalue weighted by molar-refractivity contribution is -0.117. The van der Waals surface area contributed by atoms with Gasteiger partial charge in [-0.3, -0.25) is 9.78 Å².